The molecule has 9 nitrogen and oxygen atoms in total. The van der Waals surface area contributed by atoms with Crippen molar-refractivity contribution in [2.75, 3.05) is 47.3 Å². The topological polar surface area (TPSA) is 88.6 Å². The number of pyridine rings is 1. The van der Waals surface area contributed by atoms with Crippen LogP contribution in [0, 0.1) is 0 Å². The quantitative estimate of drug-likeness (QED) is 0.396. The van der Waals surface area contributed by atoms with Gasteiger partial charge in [0, 0.05) is 38.4 Å². The zero-order valence-corrected chi connectivity index (χ0v) is 20.3. The summed E-state index contributed by atoms with van der Waals surface area (Å²) in [5.74, 6) is 3.48. The lowest BCUT2D eigenvalue weighted by Gasteiger charge is -2.39. The number of rotatable bonds is 10. The summed E-state index contributed by atoms with van der Waals surface area (Å²) in [5.41, 5.74) is 2.43. The molecule has 2 aliphatic rings. The molecule has 5 rings (SSSR count). The van der Waals surface area contributed by atoms with Gasteiger partial charge in [0.1, 0.15) is 24.7 Å². The first-order chi connectivity index (χ1) is 17.6. The first-order valence-corrected chi connectivity index (χ1v) is 11.7. The van der Waals surface area contributed by atoms with Gasteiger partial charge in [-0.3, -0.25) is 9.78 Å². The van der Waals surface area contributed by atoms with Crippen molar-refractivity contribution in [1.82, 2.24) is 9.88 Å². The standard InChI is InChI=1S/C27H28N2O7/c1-31-9-10-33-21-7-8-28-22(13-21)27(30)29-14-20(15-29)19-4-6-23(25(12-19)32-2)34-16-18-3-5-24-26(11-18)36-17-35-24/h3-8,11-13,20H,9-10,14-17H2,1-2H3. The van der Waals surface area contributed by atoms with Crippen molar-refractivity contribution < 1.29 is 33.2 Å². The maximum absolute atomic E-state index is 12.9. The number of ether oxygens (including phenoxy) is 6. The van der Waals surface area contributed by atoms with E-state index in [0.717, 1.165) is 22.6 Å². The Morgan fingerprint density at radius 1 is 0.972 bits per heavy atom. The van der Waals surface area contributed by atoms with Gasteiger partial charge in [0.2, 0.25) is 6.79 Å². The second kappa shape index (κ2) is 10.7. The molecule has 0 N–H and O–H groups in total. The molecule has 36 heavy (non-hydrogen) atoms. The number of nitrogens with zero attached hydrogens (tertiary/aromatic N) is 2. The predicted molar refractivity (Wildman–Crippen MR) is 130 cm³/mol. The van der Waals surface area contributed by atoms with Crippen LogP contribution in [-0.2, 0) is 11.3 Å². The van der Waals surface area contributed by atoms with Gasteiger partial charge in [-0.15, -0.1) is 0 Å². The van der Waals surface area contributed by atoms with E-state index in [4.69, 9.17) is 28.4 Å². The predicted octanol–water partition coefficient (Wildman–Crippen LogP) is 3.66. The fourth-order valence-corrected chi connectivity index (χ4v) is 4.13. The van der Waals surface area contributed by atoms with E-state index in [1.165, 1.54) is 0 Å². The molecule has 0 spiro atoms. The molecular weight excluding hydrogens is 464 g/mol. The van der Waals surface area contributed by atoms with Crippen LogP contribution in [0.4, 0.5) is 0 Å². The van der Waals surface area contributed by atoms with Crippen molar-refractivity contribution in [2.24, 2.45) is 0 Å². The van der Waals surface area contributed by atoms with Gasteiger partial charge in [-0.25, -0.2) is 0 Å². The number of aromatic nitrogens is 1. The Balaban J connectivity index is 1.17. The second-order valence-electron chi connectivity index (χ2n) is 8.51. The van der Waals surface area contributed by atoms with E-state index in [2.05, 4.69) is 4.98 Å². The number of methoxy groups -OCH3 is 2. The largest absolute Gasteiger partial charge is 0.493 e. The Kier molecular flexibility index (Phi) is 7.08. The van der Waals surface area contributed by atoms with Crippen LogP contribution in [0.3, 0.4) is 0 Å². The van der Waals surface area contributed by atoms with Crippen LogP contribution >= 0.6 is 0 Å². The molecule has 1 amide bonds. The Bertz CT molecular complexity index is 1230. The van der Waals surface area contributed by atoms with Gasteiger partial charge in [0.05, 0.1) is 13.7 Å². The van der Waals surface area contributed by atoms with Crippen molar-refractivity contribution in [1.29, 1.82) is 0 Å². The van der Waals surface area contributed by atoms with Crippen molar-refractivity contribution in [2.45, 2.75) is 12.5 Å². The summed E-state index contributed by atoms with van der Waals surface area (Å²) < 4.78 is 33.0. The van der Waals surface area contributed by atoms with Crippen LogP contribution in [0.25, 0.3) is 0 Å². The van der Waals surface area contributed by atoms with Crippen molar-refractivity contribution >= 4 is 5.91 Å². The van der Waals surface area contributed by atoms with Crippen LogP contribution in [0.15, 0.2) is 54.7 Å². The number of amides is 1. The molecule has 0 saturated carbocycles. The van der Waals surface area contributed by atoms with Gasteiger partial charge in [-0.2, -0.15) is 0 Å². The number of hydrogen-bond donors (Lipinski definition) is 0. The van der Waals surface area contributed by atoms with Crippen LogP contribution in [0.2, 0.25) is 0 Å². The van der Waals surface area contributed by atoms with Gasteiger partial charge < -0.3 is 33.3 Å². The third kappa shape index (κ3) is 5.16. The highest BCUT2D eigenvalue weighted by atomic mass is 16.7. The summed E-state index contributed by atoms with van der Waals surface area (Å²) in [6.07, 6.45) is 1.58. The van der Waals surface area contributed by atoms with E-state index in [1.54, 1.807) is 37.4 Å². The van der Waals surface area contributed by atoms with E-state index in [0.29, 0.717) is 55.9 Å². The molecule has 2 aromatic carbocycles. The van der Waals surface area contributed by atoms with E-state index < -0.39 is 0 Å². The summed E-state index contributed by atoms with van der Waals surface area (Å²) in [5, 5.41) is 0. The maximum atomic E-state index is 12.9. The molecule has 1 saturated heterocycles. The molecule has 0 bridgehead atoms. The van der Waals surface area contributed by atoms with Crippen molar-refractivity contribution in [3.63, 3.8) is 0 Å². The highest BCUT2D eigenvalue weighted by molar-refractivity contribution is 5.93. The smallest absolute Gasteiger partial charge is 0.272 e. The molecule has 1 fully saturated rings. The summed E-state index contributed by atoms with van der Waals surface area (Å²) in [7, 11) is 3.24. The van der Waals surface area contributed by atoms with Crippen LogP contribution in [-0.4, -0.2) is 63.1 Å². The molecule has 3 aromatic rings. The van der Waals surface area contributed by atoms with Gasteiger partial charge >= 0.3 is 0 Å². The Labute approximate surface area is 209 Å². The number of carbonyl (C=O) groups excluding carboxylic acids is 1. The lowest BCUT2D eigenvalue weighted by Crippen LogP contribution is -2.48. The zero-order chi connectivity index (χ0) is 24.9. The third-order valence-electron chi connectivity index (χ3n) is 6.17. The Morgan fingerprint density at radius 2 is 1.83 bits per heavy atom. The fourth-order valence-electron chi connectivity index (χ4n) is 4.13. The molecule has 0 atom stereocenters. The minimum Gasteiger partial charge on any atom is -0.493 e. The lowest BCUT2D eigenvalue weighted by atomic mass is 9.91. The average molecular weight is 493 g/mol. The van der Waals surface area contributed by atoms with Crippen LogP contribution in [0.5, 0.6) is 28.7 Å². The van der Waals surface area contributed by atoms with E-state index >= 15 is 0 Å². The van der Waals surface area contributed by atoms with Crippen LogP contribution < -0.4 is 23.7 Å². The molecule has 3 heterocycles. The minimum absolute atomic E-state index is 0.112. The van der Waals surface area contributed by atoms with E-state index in [-0.39, 0.29) is 18.6 Å². The van der Waals surface area contributed by atoms with E-state index in [1.807, 2.05) is 36.4 Å². The molecule has 1 aromatic heterocycles. The molecule has 0 radical (unpaired) electrons. The third-order valence-corrected chi connectivity index (χ3v) is 6.17. The average Bonchev–Trinajstić information content (AvgIpc) is 3.35. The number of benzene rings is 2. The summed E-state index contributed by atoms with van der Waals surface area (Å²) in [6, 6.07) is 15.0. The summed E-state index contributed by atoms with van der Waals surface area (Å²) in [6.45, 7) is 2.72. The molecule has 0 unspecified atom stereocenters. The zero-order valence-electron chi connectivity index (χ0n) is 20.3. The number of likely N-dealkylation sites (tertiary alicyclic amines) is 1. The number of carbonyl (C=O) groups is 1. The fraction of sp³-hybridized carbons (Fsp3) is 0.333. The van der Waals surface area contributed by atoms with Crippen LogP contribution in [0.1, 0.15) is 27.5 Å². The molecule has 2 aliphatic heterocycles. The summed E-state index contributed by atoms with van der Waals surface area (Å²) >= 11 is 0. The molecule has 9 heteroatoms. The van der Waals surface area contributed by atoms with Gasteiger partial charge in [0.25, 0.3) is 5.91 Å². The highest BCUT2D eigenvalue weighted by Crippen LogP contribution is 2.36. The summed E-state index contributed by atoms with van der Waals surface area (Å²) in [4.78, 5) is 18.9. The minimum atomic E-state index is -0.112. The van der Waals surface area contributed by atoms with Gasteiger partial charge in [-0.1, -0.05) is 12.1 Å². The Morgan fingerprint density at radius 3 is 2.67 bits per heavy atom. The van der Waals surface area contributed by atoms with Gasteiger partial charge in [0.15, 0.2) is 23.0 Å². The van der Waals surface area contributed by atoms with E-state index in [9.17, 15) is 4.79 Å². The van der Waals surface area contributed by atoms with Crippen molar-refractivity contribution in [3.8, 4) is 28.7 Å². The Hall–Kier alpha value is -3.98. The monoisotopic (exact) mass is 492 g/mol. The SMILES string of the molecule is COCCOc1ccnc(C(=O)N2CC(c3ccc(OCc4ccc5c(c4)OCO5)c(OC)c3)C2)c1. The normalized spacial score (nSPS) is 14.3. The first kappa shape index (κ1) is 23.7. The lowest BCUT2D eigenvalue weighted by molar-refractivity contribution is 0.0595. The van der Waals surface area contributed by atoms with Crippen molar-refractivity contribution in [3.05, 3.63) is 71.5 Å². The molecular formula is C27H28N2O7. The highest BCUT2D eigenvalue weighted by Gasteiger charge is 2.33. The van der Waals surface area contributed by atoms with Gasteiger partial charge in [-0.05, 0) is 41.5 Å². The number of fused-ring (bicyclic) bond motifs is 1. The second-order valence-corrected chi connectivity index (χ2v) is 8.51. The maximum Gasteiger partial charge on any atom is 0.272 e. The number of hydrogen-bond acceptors (Lipinski definition) is 8. The molecule has 188 valence electrons. The first-order valence-electron chi connectivity index (χ1n) is 11.7. The molecule has 0 aliphatic carbocycles.